The average Bonchev–Trinajstić information content (AvgIpc) is 2.72. The van der Waals surface area contributed by atoms with Crippen molar-refractivity contribution < 1.29 is 9.85 Å². The average molecular weight is 398 g/mol. The summed E-state index contributed by atoms with van der Waals surface area (Å²) in [7, 11) is 0. The van der Waals surface area contributed by atoms with Gasteiger partial charge in [-0.2, -0.15) is 0 Å². The number of anilines is 2. The van der Waals surface area contributed by atoms with Crippen LogP contribution in [0, 0.1) is 43.9 Å². The molecule has 0 saturated carbocycles. The molecule has 0 radical (unpaired) electrons. The van der Waals surface area contributed by atoms with E-state index >= 15 is 0 Å². The van der Waals surface area contributed by atoms with Crippen molar-refractivity contribution >= 4 is 22.7 Å². The minimum Gasteiger partial charge on any atom is -0.399 e. The van der Waals surface area contributed by atoms with E-state index in [4.69, 9.17) is 11.5 Å². The molecule has 8 heteroatoms. The molecule has 4 N–H and O–H groups in total. The van der Waals surface area contributed by atoms with Gasteiger partial charge in [-0.25, -0.2) is 0 Å². The second-order valence-corrected chi connectivity index (χ2v) is 6.14. The summed E-state index contributed by atoms with van der Waals surface area (Å²) < 4.78 is 0. The third-order valence-corrected chi connectivity index (χ3v) is 4.01. The van der Waals surface area contributed by atoms with Gasteiger partial charge in [0.15, 0.2) is 0 Å². The van der Waals surface area contributed by atoms with Crippen LogP contribution < -0.4 is 11.5 Å². The second-order valence-electron chi connectivity index (χ2n) is 6.14. The van der Waals surface area contributed by atoms with E-state index in [-0.39, 0.29) is 22.5 Å². The Morgan fingerprint density at radius 3 is 1.23 bits per heavy atom. The fraction of sp³-hybridized carbons (Fsp3) is 0. The number of hydrogen-bond donors (Lipinski definition) is 2. The van der Waals surface area contributed by atoms with Crippen molar-refractivity contribution in [3.63, 3.8) is 0 Å². The van der Waals surface area contributed by atoms with Gasteiger partial charge < -0.3 is 11.5 Å². The van der Waals surface area contributed by atoms with Crippen LogP contribution in [0.25, 0.3) is 0 Å². The minimum atomic E-state index is -0.648. The van der Waals surface area contributed by atoms with Gasteiger partial charge in [0.2, 0.25) is 0 Å². The first-order valence-electron chi connectivity index (χ1n) is 8.55. The number of nitrogens with two attached hydrogens (primary N) is 2. The quantitative estimate of drug-likeness (QED) is 0.293. The van der Waals surface area contributed by atoms with Crippen LogP contribution in [-0.4, -0.2) is 9.85 Å². The fourth-order valence-corrected chi connectivity index (χ4v) is 2.49. The van der Waals surface area contributed by atoms with Gasteiger partial charge >= 0.3 is 0 Å². The molecule has 0 amide bonds. The molecule has 30 heavy (non-hydrogen) atoms. The lowest BCUT2D eigenvalue weighted by molar-refractivity contribution is -0.389. The summed E-state index contributed by atoms with van der Waals surface area (Å²) >= 11 is 0. The van der Waals surface area contributed by atoms with Crippen molar-refractivity contribution in [2.24, 2.45) is 0 Å². The zero-order valence-electron chi connectivity index (χ0n) is 15.5. The van der Waals surface area contributed by atoms with Gasteiger partial charge in [0.05, 0.1) is 9.85 Å². The van der Waals surface area contributed by atoms with Gasteiger partial charge in [0.25, 0.3) is 11.4 Å². The standard InChI is InChI=1S/C22H14N4O4/c23-19-9-3-15(4-10-19)1-7-17-13-22(26(29)30)18(14-21(17)25(27)28)8-2-16-5-11-20(24)12-6-16/h3-6,9-14H,23-24H2. The molecule has 146 valence electrons. The van der Waals surface area contributed by atoms with Crippen molar-refractivity contribution in [1.29, 1.82) is 0 Å². The molecule has 0 bridgehead atoms. The Morgan fingerprint density at radius 1 is 0.600 bits per heavy atom. The predicted octanol–water partition coefficient (Wildman–Crippen LogP) is 3.47. The van der Waals surface area contributed by atoms with Crippen LogP contribution in [-0.2, 0) is 0 Å². The van der Waals surface area contributed by atoms with Crippen LogP contribution in [0.4, 0.5) is 22.7 Å². The summed E-state index contributed by atoms with van der Waals surface area (Å²) in [4.78, 5) is 21.7. The first-order valence-corrected chi connectivity index (χ1v) is 8.55. The maximum Gasteiger partial charge on any atom is 0.286 e. The van der Waals surface area contributed by atoms with E-state index in [0.29, 0.717) is 22.5 Å². The first-order chi connectivity index (χ1) is 14.3. The normalized spacial score (nSPS) is 9.60. The summed E-state index contributed by atoms with van der Waals surface area (Å²) in [5.74, 6) is 10.8. The maximum atomic E-state index is 11.5. The minimum absolute atomic E-state index is 0.0819. The highest BCUT2D eigenvalue weighted by molar-refractivity contribution is 5.66. The Morgan fingerprint density at radius 2 is 0.933 bits per heavy atom. The third-order valence-electron chi connectivity index (χ3n) is 4.01. The smallest absolute Gasteiger partial charge is 0.286 e. The molecule has 0 heterocycles. The van der Waals surface area contributed by atoms with Crippen molar-refractivity contribution in [2.45, 2.75) is 0 Å². The Hall–Kier alpha value is -4.82. The molecule has 0 spiro atoms. The van der Waals surface area contributed by atoms with Crippen molar-refractivity contribution in [3.05, 3.63) is 103 Å². The molecule has 0 aliphatic rings. The molecule has 8 nitrogen and oxygen atoms in total. The number of nitro groups is 2. The Balaban J connectivity index is 2.09. The highest BCUT2D eigenvalue weighted by Gasteiger charge is 2.22. The molecule has 0 aliphatic heterocycles. The van der Waals surface area contributed by atoms with E-state index in [1.165, 1.54) is 0 Å². The van der Waals surface area contributed by atoms with Gasteiger partial charge in [0, 0.05) is 34.6 Å². The second kappa shape index (κ2) is 8.46. The number of nitro benzene ring substituents is 2. The number of rotatable bonds is 2. The topological polar surface area (TPSA) is 138 Å². The molecule has 0 saturated heterocycles. The van der Waals surface area contributed by atoms with Gasteiger partial charge in [-0.15, -0.1) is 0 Å². The van der Waals surface area contributed by atoms with E-state index in [9.17, 15) is 20.2 Å². The zero-order chi connectivity index (χ0) is 21.7. The zero-order valence-corrected chi connectivity index (χ0v) is 15.5. The summed E-state index contributed by atoms with van der Waals surface area (Å²) in [5.41, 5.74) is 12.5. The molecule has 0 fully saturated rings. The van der Waals surface area contributed by atoms with Crippen molar-refractivity contribution in [3.8, 4) is 23.7 Å². The number of nitrogens with zero attached hydrogens (tertiary/aromatic N) is 2. The van der Waals surface area contributed by atoms with Gasteiger partial charge in [-0.1, -0.05) is 23.7 Å². The van der Waals surface area contributed by atoms with Crippen LogP contribution in [0.15, 0.2) is 60.7 Å². The highest BCUT2D eigenvalue weighted by atomic mass is 16.6. The molecule has 3 aromatic rings. The lowest BCUT2D eigenvalue weighted by Crippen LogP contribution is -1.99. The molecule has 0 atom stereocenters. The first kappa shape index (κ1) is 19.9. The Labute approximate surface area is 171 Å². The maximum absolute atomic E-state index is 11.5. The summed E-state index contributed by atoms with van der Waals surface area (Å²) in [6.07, 6.45) is 0. The van der Waals surface area contributed by atoms with Gasteiger partial charge in [0.1, 0.15) is 11.1 Å². The van der Waals surface area contributed by atoms with Crippen LogP contribution in [0.1, 0.15) is 22.3 Å². The monoisotopic (exact) mass is 398 g/mol. The summed E-state index contributed by atoms with van der Waals surface area (Å²) in [5, 5.41) is 23.0. The Kier molecular flexibility index (Phi) is 5.62. The SMILES string of the molecule is Nc1ccc(C#Cc2cc([N+](=O)[O-])c(C#Cc3ccc(N)cc3)cc2[N+](=O)[O-])cc1. The lowest BCUT2D eigenvalue weighted by atomic mass is 10.1. The van der Waals surface area contributed by atoms with Crippen LogP contribution >= 0.6 is 0 Å². The summed E-state index contributed by atoms with van der Waals surface area (Å²) in [6.45, 7) is 0. The molecule has 0 aliphatic carbocycles. The molecule has 0 unspecified atom stereocenters. The van der Waals surface area contributed by atoms with Crippen molar-refractivity contribution in [2.75, 3.05) is 11.5 Å². The number of nitrogen functional groups attached to an aromatic ring is 2. The van der Waals surface area contributed by atoms with Crippen molar-refractivity contribution in [1.82, 2.24) is 0 Å². The van der Waals surface area contributed by atoms with Crippen LogP contribution in [0.5, 0.6) is 0 Å². The highest BCUT2D eigenvalue weighted by Crippen LogP contribution is 2.28. The largest absolute Gasteiger partial charge is 0.399 e. The molecular formula is C22H14N4O4. The molecule has 3 aromatic carbocycles. The van der Waals surface area contributed by atoms with Gasteiger partial charge in [-0.05, 0) is 48.5 Å². The predicted molar refractivity (Wildman–Crippen MR) is 113 cm³/mol. The molecule has 0 aromatic heterocycles. The van der Waals surface area contributed by atoms with E-state index in [1.54, 1.807) is 48.5 Å². The van der Waals surface area contributed by atoms with E-state index in [1.807, 2.05) is 0 Å². The van der Waals surface area contributed by atoms with Crippen LogP contribution in [0.3, 0.4) is 0 Å². The number of hydrogen-bond acceptors (Lipinski definition) is 6. The van der Waals surface area contributed by atoms with E-state index < -0.39 is 9.85 Å². The molecule has 3 rings (SSSR count). The lowest BCUT2D eigenvalue weighted by Gasteiger charge is -2.00. The van der Waals surface area contributed by atoms with E-state index in [0.717, 1.165) is 12.1 Å². The number of benzene rings is 3. The van der Waals surface area contributed by atoms with Crippen LogP contribution in [0.2, 0.25) is 0 Å². The fourth-order valence-electron chi connectivity index (χ4n) is 2.49. The summed E-state index contributed by atoms with van der Waals surface area (Å²) in [6, 6.07) is 15.3. The van der Waals surface area contributed by atoms with E-state index in [2.05, 4.69) is 23.7 Å². The third kappa shape index (κ3) is 4.71. The van der Waals surface area contributed by atoms with Gasteiger partial charge in [-0.3, -0.25) is 20.2 Å². The Bertz CT molecular complexity index is 1160. The molecular weight excluding hydrogens is 384 g/mol.